The van der Waals surface area contributed by atoms with Gasteiger partial charge in [0.1, 0.15) is 4.21 Å². The monoisotopic (exact) mass is 285 g/mol. The predicted molar refractivity (Wildman–Crippen MR) is 72.5 cm³/mol. The standard InChI is InChI=1S/C11H15N3O2S2/c1-7-5-6-10(17-7)18(15,16)13-11-8(2)12-14(4)9(11)3/h5-6,13H,1-4H3. The molecule has 0 fully saturated rings. The Morgan fingerprint density at radius 3 is 2.39 bits per heavy atom. The van der Waals surface area contributed by atoms with Crippen molar-refractivity contribution in [3.63, 3.8) is 0 Å². The first-order chi connectivity index (χ1) is 8.31. The molecule has 98 valence electrons. The summed E-state index contributed by atoms with van der Waals surface area (Å²) < 4.78 is 29.0. The Kier molecular flexibility index (Phi) is 3.20. The number of anilines is 1. The average Bonchev–Trinajstić information content (AvgIpc) is 2.80. The van der Waals surface area contributed by atoms with Gasteiger partial charge in [-0.2, -0.15) is 5.10 Å². The second kappa shape index (κ2) is 4.40. The molecule has 0 spiro atoms. The van der Waals surface area contributed by atoms with Crippen molar-refractivity contribution in [2.75, 3.05) is 4.72 Å². The van der Waals surface area contributed by atoms with Crippen molar-refractivity contribution in [3.8, 4) is 0 Å². The zero-order chi connectivity index (χ0) is 13.5. The van der Waals surface area contributed by atoms with Gasteiger partial charge in [0.05, 0.1) is 17.1 Å². The van der Waals surface area contributed by atoms with Crippen molar-refractivity contribution in [2.24, 2.45) is 7.05 Å². The van der Waals surface area contributed by atoms with Crippen molar-refractivity contribution in [2.45, 2.75) is 25.0 Å². The molecule has 7 heteroatoms. The molecule has 1 N–H and O–H groups in total. The van der Waals surface area contributed by atoms with Gasteiger partial charge in [-0.25, -0.2) is 8.42 Å². The number of hydrogen-bond acceptors (Lipinski definition) is 4. The number of sulfonamides is 1. The largest absolute Gasteiger partial charge is 0.275 e. The molecule has 0 amide bonds. The van der Waals surface area contributed by atoms with Crippen LogP contribution >= 0.6 is 11.3 Å². The number of hydrogen-bond donors (Lipinski definition) is 1. The quantitative estimate of drug-likeness (QED) is 0.940. The Bertz CT molecular complexity index is 683. The Balaban J connectivity index is 2.39. The van der Waals surface area contributed by atoms with Crippen LogP contribution in [0.3, 0.4) is 0 Å². The van der Waals surface area contributed by atoms with Crippen LogP contribution in [-0.4, -0.2) is 18.2 Å². The van der Waals surface area contributed by atoms with E-state index >= 15 is 0 Å². The first-order valence-electron chi connectivity index (χ1n) is 5.40. The minimum atomic E-state index is -3.51. The van der Waals surface area contributed by atoms with E-state index in [1.54, 1.807) is 30.8 Å². The van der Waals surface area contributed by atoms with E-state index in [9.17, 15) is 8.42 Å². The van der Waals surface area contributed by atoms with Crippen LogP contribution in [0.2, 0.25) is 0 Å². The van der Waals surface area contributed by atoms with Crippen LogP contribution in [0.15, 0.2) is 16.3 Å². The number of aromatic nitrogens is 2. The van der Waals surface area contributed by atoms with E-state index in [-0.39, 0.29) is 0 Å². The third-order valence-corrected chi connectivity index (χ3v) is 5.57. The second-order valence-electron chi connectivity index (χ2n) is 4.14. The zero-order valence-electron chi connectivity index (χ0n) is 10.7. The second-order valence-corrected chi connectivity index (χ2v) is 7.34. The summed E-state index contributed by atoms with van der Waals surface area (Å²) in [7, 11) is -1.72. The maximum atomic E-state index is 12.2. The summed E-state index contributed by atoms with van der Waals surface area (Å²) >= 11 is 1.25. The maximum absolute atomic E-state index is 12.2. The number of nitrogens with zero attached hydrogens (tertiary/aromatic N) is 2. The number of rotatable bonds is 3. The molecule has 5 nitrogen and oxygen atoms in total. The summed E-state index contributed by atoms with van der Waals surface area (Å²) in [6, 6.07) is 3.41. The Hall–Kier alpha value is -1.34. The van der Waals surface area contributed by atoms with Gasteiger partial charge in [0, 0.05) is 11.9 Å². The SMILES string of the molecule is Cc1ccc(S(=O)(=O)Nc2c(C)nn(C)c2C)s1. The lowest BCUT2D eigenvalue weighted by Crippen LogP contribution is -2.12. The van der Waals surface area contributed by atoms with E-state index in [4.69, 9.17) is 0 Å². The average molecular weight is 285 g/mol. The van der Waals surface area contributed by atoms with Gasteiger partial charge in [0.15, 0.2) is 0 Å². The Labute approximate surface area is 111 Å². The highest BCUT2D eigenvalue weighted by molar-refractivity contribution is 7.94. The Morgan fingerprint density at radius 1 is 1.28 bits per heavy atom. The lowest BCUT2D eigenvalue weighted by atomic mass is 10.3. The number of thiophene rings is 1. The third-order valence-electron chi connectivity index (χ3n) is 2.73. The highest BCUT2D eigenvalue weighted by Gasteiger charge is 2.20. The van der Waals surface area contributed by atoms with Crippen molar-refractivity contribution in [1.29, 1.82) is 0 Å². The summed E-state index contributed by atoms with van der Waals surface area (Å²) in [6.45, 7) is 5.49. The van der Waals surface area contributed by atoms with Gasteiger partial charge in [-0.15, -0.1) is 11.3 Å². The van der Waals surface area contributed by atoms with E-state index in [1.807, 2.05) is 13.8 Å². The molecule has 0 bridgehead atoms. The predicted octanol–water partition coefficient (Wildman–Crippen LogP) is 2.21. The lowest BCUT2D eigenvalue weighted by Gasteiger charge is -2.06. The highest BCUT2D eigenvalue weighted by atomic mass is 32.2. The molecule has 0 aliphatic heterocycles. The smallest absolute Gasteiger partial charge is 0.271 e. The molecule has 2 aromatic heterocycles. The molecular formula is C11H15N3O2S2. The highest BCUT2D eigenvalue weighted by Crippen LogP contribution is 2.26. The van der Waals surface area contributed by atoms with Crippen LogP contribution in [0.25, 0.3) is 0 Å². The topological polar surface area (TPSA) is 64.0 Å². The van der Waals surface area contributed by atoms with Crippen LogP contribution in [0.4, 0.5) is 5.69 Å². The third kappa shape index (κ3) is 2.28. The molecule has 0 unspecified atom stereocenters. The molecule has 18 heavy (non-hydrogen) atoms. The van der Waals surface area contributed by atoms with Crippen LogP contribution in [0.5, 0.6) is 0 Å². The van der Waals surface area contributed by atoms with E-state index in [2.05, 4.69) is 9.82 Å². The molecule has 2 aromatic rings. The van der Waals surface area contributed by atoms with Gasteiger partial charge in [-0.3, -0.25) is 9.40 Å². The molecule has 0 radical (unpaired) electrons. The first kappa shape index (κ1) is 13.1. The molecule has 0 atom stereocenters. The van der Waals surface area contributed by atoms with Crippen molar-refractivity contribution in [1.82, 2.24) is 9.78 Å². The molecule has 0 saturated heterocycles. The Morgan fingerprint density at radius 2 is 1.94 bits per heavy atom. The number of aryl methyl sites for hydroxylation is 3. The summed E-state index contributed by atoms with van der Waals surface area (Å²) in [5, 5.41) is 4.19. The van der Waals surface area contributed by atoms with Crippen LogP contribution in [0.1, 0.15) is 16.3 Å². The first-order valence-corrected chi connectivity index (χ1v) is 7.70. The van der Waals surface area contributed by atoms with Crippen molar-refractivity contribution >= 4 is 27.0 Å². The van der Waals surface area contributed by atoms with Crippen molar-refractivity contribution < 1.29 is 8.42 Å². The molecule has 2 heterocycles. The van der Waals surface area contributed by atoms with E-state index < -0.39 is 10.0 Å². The lowest BCUT2D eigenvalue weighted by molar-refractivity contribution is 0.603. The minimum absolute atomic E-state index is 0.322. The number of nitrogens with one attached hydrogen (secondary N) is 1. The van der Waals surface area contributed by atoms with Crippen LogP contribution < -0.4 is 4.72 Å². The van der Waals surface area contributed by atoms with Gasteiger partial charge in [0.25, 0.3) is 10.0 Å². The summed E-state index contributed by atoms with van der Waals surface area (Å²) in [6.07, 6.45) is 0. The summed E-state index contributed by atoms with van der Waals surface area (Å²) in [5.74, 6) is 0. The normalized spacial score (nSPS) is 11.8. The maximum Gasteiger partial charge on any atom is 0.271 e. The molecule has 0 aromatic carbocycles. The molecular weight excluding hydrogens is 270 g/mol. The van der Waals surface area contributed by atoms with Gasteiger partial charge >= 0.3 is 0 Å². The molecule has 0 saturated carbocycles. The van der Waals surface area contributed by atoms with Crippen LogP contribution in [-0.2, 0) is 17.1 Å². The zero-order valence-corrected chi connectivity index (χ0v) is 12.3. The van der Waals surface area contributed by atoms with Gasteiger partial charge < -0.3 is 0 Å². The van der Waals surface area contributed by atoms with Gasteiger partial charge in [-0.1, -0.05) is 0 Å². The molecule has 0 aliphatic rings. The minimum Gasteiger partial charge on any atom is -0.275 e. The van der Waals surface area contributed by atoms with E-state index in [0.29, 0.717) is 15.6 Å². The summed E-state index contributed by atoms with van der Waals surface area (Å²) in [4.78, 5) is 0.968. The van der Waals surface area contributed by atoms with Gasteiger partial charge in [-0.05, 0) is 32.9 Å². The fourth-order valence-electron chi connectivity index (χ4n) is 1.66. The fraction of sp³-hybridized carbons (Fsp3) is 0.364. The van der Waals surface area contributed by atoms with Crippen LogP contribution in [0, 0.1) is 20.8 Å². The van der Waals surface area contributed by atoms with Crippen molar-refractivity contribution in [3.05, 3.63) is 28.4 Å². The fourth-order valence-corrected chi connectivity index (χ4v) is 4.12. The van der Waals surface area contributed by atoms with E-state index in [0.717, 1.165) is 10.6 Å². The molecule has 0 aliphatic carbocycles. The summed E-state index contributed by atoms with van der Waals surface area (Å²) in [5.41, 5.74) is 2.03. The molecule has 2 rings (SSSR count). The van der Waals surface area contributed by atoms with Gasteiger partial charge in [0.2, 0.25) is 0 Å². The van der Waals surface area contributed by atoms with E-state index in [1.165, 1.54) is 11.3 Å².